The van der Waals surface area contributed by atoms with Gasteiger partial charge in [0.15, 0.2) is 17.5 Å². The summed E-state index contributed by atoms with van der Waals surface area (Å²) >= 11 is 0. The second kappa shape index (κ2) is 14.3. The molecule has 0 fully saturated rings. The summed E-state index contributed by atoms with van der Waals surface area (Å²) < 4.78 is 2.39. The Morgan fingerprint density at radius 1 is 0.279 bits per heavy atom. The molecule has 2 heterocycles. The third-order valence-electron chi connectivity index (χ3n) is 12.0. The van der Waals surface area contributed by atoms with E-state index in [-0.39, 0.29) is 0 Å². The molecule has 284 valence electrons. The monoisotopic (exact) mass is 776 g/mol. The Morgan fingerprint density at radius 3 is 1.30 bits per heavy atom. The van der Waals surface area contributed by atoms with Crippen LogP contribution < -0.4 is 0 Å². The lowest BCUT2D eigenvalue weighted by molar-refractivity contribution is 1.07. The number of aromatic nitrogens is 4. The Kier molecular flexibility index (Phi) is 8.13. The first-order valence-corrected chi connectivity index (χ1v) is 20.7. The molecule has 0 spiro atoms. The average Bonchev–Trinajstić information content (AvgIpc) is 3.70. The molecule has 0 aliphatic carbocycles. The van der Waals surface area contributed by atoms with Gasteiger partial charge in [-0.05, 0) is 78.8 Å². The lowest BCUT2D eigenvalue weighted by atomic mass is 9.91. The van der Waals surface area contributed by atoms with E-state index in [1.54, 1.807) is 0 Å². The summed E-state index contributed by atoms with van der Waals surface area (Å²) in [5, 5.41) is 9.90. The zero-order valence-electron chi connectivity index (χ0n) is 33.1. The predicted molar refractivity (Wildman–Crippen MR) is 254 cm³/mol. The zero-order chi connectivity index (χ0) is 40.3. The van der Waals surface area contributed by atoms with Crippen molar-refractivity contribution in [3.63, 3.8) is 0 Å². The van der Waals surface area contributed by atoms with Crippen molar-refractivity contribution in [2.45, 2.75) is 0 Å². The standard InChI is InChI=1S/C57H36N4/c1-3-14-37(15-4-1)46-26-12-20-41-21-13-27-47(52(41)46)40-28-30-43(31-29-40)56-58-55(42-18-5-2-6-19-42)59-57(60-56)44-22-11-23-45(36-44)61-50-34-32-38-16-7-9-24-48(38)53(50)54-49-25-10-8-17-39(49)33-35-51(54)61/h1-36H. The summed E-state index contributed by atoms with van der Waals surface area (Å²) in [6, 6.07) is 77.5. The highest BCUT2D eigenvalue weighted by Gasteiger charge is 2.19. The van der Waals surface area contributed by atoms with Crippen LogP contribution >= 0.6 is 0 Å². The molecule has 0 saturated heterocycles. The van der Waals surface area contributed by atoms with E-state index < -0.39 is 0 Å². The maximum Gasteiger partial charge on any atom is 0.164 e. The number of nitrogens with zero attached hydrogens (tertiary/aromatic N) is 4. The largest absolute Gasteiger partial charge is 0.309 e. The van der Waals surface area contributed by atoms with Crippen molar-refractivity contribution < 1.29 is 0 Å². The lowest BCUT2D eigenvalue weighted by Gasteiger charge is -2.13. The fraction of sp³-hybridized carbons (Fsp3) is 0. The van der Waals surface area contributed by atoms with Gasteiger partial charge in [-0.15, -0.1) is 0 Å². The normalized spacial score (nSPS) is 11.6. The molecule has 0 bridgehead atoms. The van der Waals surface area contributed by atoms with E-state index >= 15 is 0 Å². The Morgan fingerprint density at radius 2 is 0.705 bits per heavy atom. The molecule has 12 rings (SSSR count). The van der Waals surface area contributed by atoms with Gasteiger partial charge in [0.2, 0.25) is 0 Å². The number of hydrogen-bond donors (Lipinski definition) is 0. The van der Waals surface area contributed by atoms with Crippen LogP contribution in [-0.2, 0) is 0 Å². The first kappa shape index (κ1) is 34.8. The van der Waals surface area contributed by atoms with Gasteiger partial charge < -0.3 is 4.57 Å². The molecule has 0 amide bonds. The van der Waals surface area contributed by atoms with Crippen molar-refractivity contribution in [3.8, 4) is 62.1 Å². The quantitative estimate of drug-likeness (QED) is 0.169. The van der Waals surface area contributed by atoms with Crippen LogP contribution in [0.4, 0.5) is 0 Å². The van der Waals surface area contributed by atoms with Crippen LogP contribution in [0.3, 0.4) is 0 Å². The van der Waals surface area contributed by atoms with Gasteiger partial charge in [0.1, 0.15) is 0 Å². The summed E-state index contributed by atoms with van der Waals surface area (Å²) in [4.78, 5) is 15.4. The number of benzene rings is 10. The highest BCUT2D eigenvalue weighted by Crippen LogP contribution is 2.41. The van der Waals surface area contributed by atoms with E-state index in [2.05, 4.69) is 205 Å². The van der Waals surface area contributed by atoms with Crippen molar-refractivity contribution >= 4 is 54.1 Å². The van der Waals surface area contributed by atoms with Crippen LogP contribution in [0.15, 0.2) is 218 Å². The van der Waals surface area contributed by atoms with Crippen LogP contribution in [0, 0.1) is 0 Å². The van der Waals surface area contributed by atoms with Gasteiger partial charge in [-0.25, -0.2) is 15.0 Å². The van der Waals surface area contributed by atoms with Gasteiger partial charge in [0.25, 0.3) is 0 Å². The van der Waals surface area contributed by atoms with Crippen molar-refractivity contribution in [1.82, 2.24) is 19.5 Å². The van der Waals surface area contributed by atoms with E-state index in [9.17, 15) is 0 Å². The van der Waals surface area contributed by atoms with Gasteiger partial charge >= 0.3 is 0 Å². The fourth-order valence-corrected chi connectivity index (χ4v) is 9.20. The van der Waals surface area contributed by atoms with E-state index in [0.29, 0.717) is 17.5 Å². The number of hydrogen-bond acceptors (Lipinski definition) is 3. The van der Waals surface area contributed by atoms with Gasteiger partial charge in [-0.3, -0.25) is 0 Å². The Labute approximate surface area is 352 Å². The summed E-state index contributed by atoms with van der Waals surface area (Å²) in [5.41, 5.74) is 10.9. The third kappa shape index (κ3) is 5.88. The first-order valence-electron chi connectivity index (χ1n) is 20.7. The van der Waals surface area contributed by atoms with Crippen LogP contribution in [0.5, 0.6) is 0 Å². The highest BCUT2D eigenvalue weighted by molar-refractivity contribution is 6.28. The molecule has 4 heteroatoms. The second-order valence-electron chi connectivity index (χ2n) is 15.6. The molecule has 2 aromatic heterocycles. The Balaban J connectivity index is 1.01. The molecule has 4 nitrogen and oxygen atoms in total. The Bertz CT molecular complexity index is 3530. The molecule has 0 aliphatic heterocycles. The van der Waals surface area contributed by atoms with Crippen molar-refractivity contribution in [2.75, 3.05) is 0 Å². The van der Waals surface area contributed by atoms with E-state index in [4.69, 9.17) is 15.0 Å². The predicted octanol–water partition coefficient (Wildman–Crippen LogP) is 14.8. The maximum atomic E-state index is 5.20. The van der Waals surface area contributed by atoms with Gasteiger partial charge in [-0.2, -0.15) is 0 Å². The molecule has 0 unspecified atom stereocenters. The summed E-state index contributed by atoms with van der Waals surface area (Å²) in [6.45, 7) is 0. The van der Waals surface area contributed by atoms with Crippen LogP contribution in [-0.4, -0.2) is 19.5 Å². The fourth-order valence-electron chi connectivity index (χ4n) is 9.20. The van der Waals surface area contributed by atoms with E-state index in [1.807, 2.05) is 18.2 Å². The molecule has 0 aliphatic rings. The van der Waals surface area contributed by atoms with E-state index in [1.165, 1.54) is 59.8 Å². The molecule has 0 saturated carbocycles. The van der Waals surface area contributed by atoms with Gasteiger partial charge in [0.05, 0.1) is 11.0 Å². The number of fused-ring (bicyclic) bond motifs is 8. The number of rotatable bonds is 6. The molecule has 0 N–H and O–H groups in total. The molecule has 12 aromatic rings. The third-order valence-corrected chi connectivity index (χ3v) is 12.0. The van der Waals surface area contributed by atoms with Gasteiger partial charge in [0, 0.05) is 33.2 Å². The molecular formula is C57H36N4. The van der Waals surface area contributed by atoms with Crippen LogP contribution in [0.2, 0.25) is 0 Å². The minimum atomic E-state index is 0.619. The minimum Gasteiger partial charge on any atom is -0.309 e. The summed E-state index contributed by atoms with van der Waals surface area (Å²) in [7, 11) is 0. The van der Waals surface area contributed by atoms with Crippen LogP contribution in [0.25, 0.3) is 116 Å². The molecule has 10 aromatic carbocycles. The highest BCUT2D eigenvalue weighted by atomic mass is 15.0. The molecule has 0 radical (unpaired) electrons. The summed E-state index contributed by atoms with van der Waals surface area (Å²) in [6.07, 6.45) is 0. The minimum absolute atomic E-state index is 0.619. The first-order chi connectivity index (χ1) is 30.2. The SMILES string of the molecule is c1ccc(-c2nc(-c3ccc(-c4cccc5cccc(-c6ccccc6)c45)cc3)nc(-c3cccc(-n4c5ccc6ccccc6c5c5c6ccccc6ccc54)c3)n2)cc1. The summed E-state index contributed by atoms with van der Waals surface area (Å²) in [5.74, 6) is 1.87. The topological polar surface area (TPSA) is 43.6 Å². The average molecular weight is 777 g/mol. The molecule has 0 atom stereocenters. The Hall–Kier alpha value is -8.21. The smallest absolute Gasteiger partial charge is 0.164 e. The van der Waals surface area contributed by atoms with Crippen LogP contribution in [0.1, 0.15) is 0 Å². The van der Waals surface area contributed by atoms with Gasteiger partial charge in [-0.1, -0.05) is 194 Å². The molecule has 61 heavy (non-hydrogen) atoms. The van der Waals surface area contributed by atoms with Crippen molar-refractivity contribution in [2.24, 2.45) is 0 Å². The van der Waals surface area contributed by atoms with Crippen molar-refractivity contribution in [1.29, 1.82) is 0 Å². The van der Waals surface area contributed by atoms with Crippen molar-refractivity contribution in [3.05, 3.63) is 218 Å². The zero-order valence-corrected chi connectivity index (χ0v) is 33.1. The lowest BCUT2D eigenvalue weighted by Crippen LogP contribution is -2.01. The molecular weight excluding hydrogens is 741 g/mol. The van der Waals surface area contributed by atoms with E-state index in [0.717, 1.165) is 39.0 Å². The second-order valence-corrected chi connectivity index (χ2v) is 15.6. The maximum absolute atomic E-state index is 5.20.